The molecule has 1 amide bonds. The van der Waals surface area contributed by atoms with E-state index in [1.54, 1.807) is 7.11 Å². The van der Waals surface area contributed by atoms with Gasteiger partial charge in [0.15, 0.2) is 5.13 Å². The van der Waals surface area contributed by atoms with Crippen LogP contribution in [-0.4, -0.2) is 35.7 Å². The highest BCUT2D eigenvalue weighted by Crippen LogP contribution is 2.40. The third kappa shape index (κ3) is 7.14. The molecule has 0 spiro atoms. The second-order valence-electron chi connectivity index (χ2n) is 8.98. The number of methoxy groups -OCH3 is 1. The van der Waals surface area contributed by atoms with Gasteiger partial charge in [0.1, 0.15) is 5.75 Å². The van der Waals surface area contributed by atoms with Crippen LogP contribution in [0.25, 0.3) is 17.3 Å². The Hall–Kier alpha value is -2.91. The predicted octanol–water partition coefficient (Wildman–Crippen LogP) is 7.99. The van der Waals surface area contributed by atoms with Crippen LogP contribution in [0.15, 0.2) is 41.3 Å². The molecule has 38 heavy (non-hydrogen) atoms. The normalized spacial score (nSPS) is 12.5. The summed E-state index contributed by atoms with van der Waals surface area (Å²) in [7, 11) is 1.63. The number of ether oxygens (including phenoxy) is 2. The van der Waals surface area contributed by atoms with Gasteiger partial charge in [0.2, 0.25) is 0 Å². The molecule has 0 fully saturated rings. The summed E-state index contributed by atoms with van der Waals surface area (Å²) >= 11 is 13.9. The fourth-order valence-corrected chi connectivity index (χ4v) is 5.21. The Morgan fingerprint density at radius 1 is 1.21 bits per heavy atom. The molecule has 1 atom stereocenters. The van der Waals surface area contributed by atoms with E-state index in [1.807, 2.05) is 30.5 Å². The Kier molecular flexibility index (Phi) is 10.3. The summed E-state index contributed by atoms with van der Waals surface area (Å²) in [5.41, 5.74) is 3.02. The van der Waals surface area contributed by atoms with Crippen LogP contribution in [0.3, 0.4) is 0 Å². The molecule has 0 bridgehead atoms. The Bertz CT molecular complexity index is 1330. The third-order valence-corrected chi connectivity index (χ3v) is 7.07. The maximum absolute atomic E-state index is 12.9. The quantitative estimate of drug-likeness (QED) is 0.224. The molecule has 202 valence electrons. The Morgan fingerprint density at radius 3 is 2.47 bits per heavy atom. The molecule has 3 rings (SSSR count). The zero-order valence-corrected chi connectivity index (χ0v) is 24.1. The smallest absolute Gasteiger partial charge is 0.331 e. The summed E-state index contributed by atoms with van der Waals surface area (Å²) in [6.45, 7) is 8.30. The number of carbonyl (C=O) groups excluding carboxylic acids is 1. The number of amides is 1. The molecular formula is C28H30Cl2N2O5S. The first-order chi connectivity index (χ1) is 18.0. The highest BCUT2D eigenvalue weighted by atomic mass is 35.5. The number of carboxylic acids is 1. The van der Waals surface area contributed by atoms with Gasteiger partial charge in [0.05, 0.1) is 29.0 Å². The highest BCUT2D eigenvalue weighted by Gasteiger charge is 2.22. The molecule has 0 saturated carbocycles. The van der Waals surface area contributed by atoms with Crippen LogP contribution in [0.1, 0.15) is 61.7 Å². The zero-order valence-electron chi connectivity index (χ0n) is 21.8. The summed E-state index contributed by atoms with van der Waals surface area (Å²) in [5, 5.41) is 14.4. The van der Waals surface area contributed by atoms with Gasteiger partial charge in [-0.25, -0.2) is 9.78 Å². The number of benzene rings is 2. The number of halogens is 2. The van der Waals surface area contributed by atoms with E-state index in [4.69, 9.17) is 37.8 Å². The fraction of sp³-hybridized carbons (Fsp3) is 0.321. The lowest BCUT2D eigenvalue weighted by molar-refractivity contribution is -0.132. The molecule has 0 aliphatic carbocycles. The zero-order chi connectivity index (χ0) is 28.0. The topological polar surface area (TPSA) is 97.8 Å². The minimum absolute atomic E-state index is 0.0672. The number of nitrogens with one attached hydrogen (secondary N) is 1. The lowest BCUT2D eigenvalue weighted by atomic mass is 9.96. The van der Waals surface area contributed by atoms with E-state index in [9.17, 15) is 9.59 Å². The van der Waals surface area contributed by atoms with Gasteiger partial charge in [0.25, 0.3) is 5.91 Å². The van der Waals surface area contributed by atoms with Crippen molar-refractivity contribution in [1.82, 2.24) is 4.98 Å². The first-order valence-corrected chi connectivity index (χ1v) is 13.7. The first-order valence-electron chi connectivity index (χ1n) is 12.0. The van der Waals surface area contributed by atoms with E-state index in [1.165, 1.54) is 36.5 Å². The van der Waals surface area contributed by atoms with E-state index in [2.05, 4.69) is 24.1 Å². The van der Waals surface area contributed by atoms with Gasteiger partial charge in [-0.05, 0) is 50.5 Å². The number of carboxylic acid groups (broad SMARTS) is 1. The minimum Gasteiger partial charge on any atom is -0.496 e. The van der Waals surface area contributed by atoms with Crippen molar-refractivity contribution in [3.63, 3.8) is 0 Å². The molecule has 1 aromatic heterocycles. The molecule has 10 heteroatoms. The Labute approximate surface area is 236 Å². The van der Waals surface area contributed by atoms with Crippen LogP contribution in [-0.2, 0) is 9.53 Å². The summed E-state index contributed by atoms with van der Waals surface area (Å²) in [5.74, 6) is -0.411. The number of thiazole rings is 1. The molecule has 1 unspecified atom stereocenters. The van der Waals surface area contributed by atoms with Crippen molar-refractivity contribution in [2.24, 2.45) is 5.92 Å². The van der Waals surface area contributed by atoms with Crippen molar-refractivity contribution in [2.75, 3.05) is 19.0 Å². The number of para-hydroxylation sites is 1. The number of rotatable bonds is 11. The number of carbonyl (C=O) groups is 2. The van der Waals surface area contributed by atoms with E-state index < -0.39 is 11.9 Å². The second kappa shape index (κ2) is 13.2. The van der Waals surface area contributed by atoms with Crippen molar-refractivity contribution in [3.8, 4) is 17.0 Å². The van der Waals surface area contributed by atoms with Gasteiger partial charge in [-0.15, -0.1) is 11.3 Å². The molecule has 0 aliphatic rings. The molecule has 0 aliphatic heterocycles. The number of nitrogens with zero attached hydrogens (tertiary/aromatic N) is 1. The summed E-state index contributed by atoms with van der Waals surface area (Å²) in [6.07, 6.45) is 2.10. The maximum atomic E-state index is 12.9. The van der Waals surface area contributed by atoms with Crippen molar-refractivity contribution in [1.29, 1.82) is 0 Å². The predicted molar refractivity (Wildman–Crippen MR) is 154 cm³/mol. The summed E-state index contributed by atoms with van der Waals surface area (Å²) in [4.78, 5) is 28.7. The molecule has 2 aromatic carbocycles. The standard InChI is InChI=1S/C28H30Cl2N2O5S/c1-6-37-24(10-15(2)3)19-9-7-8-18(25(19)36-5)23-14-38-28(31-23)32-26(33)17-12-21(29)20(22(30)13-17)11-16(4)27(34)35/h7-9,11-15,24H,6,10H2,1-5H3,(H,34,35)(H,31,32,33). The highest BCUT2D eigenvalue weighted by molar-refractivity contribution is 7.14. The monoisotopic (exact) mass is 576 g/mol. The number of aliphatic carboxylic acids is 1. The van der Waals surface area contributed by atoms with E-state index in [0.29, 0.717) is 34.7 Å². The molecule has 2 N–H and O–H groups in total. The van der Waals surface area contributed by atoms with E-state index in [0.717, 1.165) is 17.5 Å². The fourth-order valence-electron chi connectivity index (χ4n) is 3.91. The van der Waals surface area contributed by atoms with Gasteiger partial charge in [-0.3, -0.25) is 10.1 Å². The van der Waals surface area contributed by atoms with Gasteiger partial charge < -0.3 is 14.6 Å². The van der Waals surface area contributed by atoms with E-state index >= 15 is 0 Å². The second-order valence-corrected chi connectivity index (χ2v) is 10.7. The van der Waals surface area contributed by atoms with Gasteiger partial charge >= 0.3 is 5.97 Å². The Morgan fingerprint density at radius 2 is 1.89 bits per heavy atom. The molecule has 0 saturated heterocycles. The largest absolute Gasteiger partial charge is 0.496 e. The van der Waals surface area contributed by atoms with Crippen LogP contribution in [0.4, 0.5) is 5.13 Å². The minimum atomic E-state index is -1.09. The molecular weight excluding hydrogens is 547 g/mol. The van der Waals surface area contributed by atoms with Crippen LogP contribution >= 0.6 is 34.5 Å². The van der Waals surface area contributed by atoms with Crippen molar-refractivity contribution < 1.29 is 24.2 Å². The number of hydrogen-bond acceptors (Lipinski definition) is 6. The van der Waals surface area contributed by atoms with Crippen molar-refractivity contribution in [3.05, 3.63) is 68.0 Å². The average Bonchev–Trinajstić information content (AvgIpc) is 3.33. The Balaban J connectivity index is 1.87. The van der Waals surface area contributed by atoms with Gasteiger partial charge in [0, 0.05) is 39.8 Å². The van der Waals surface area contributed by atoms with Gasteiger partial charge in [-0.1, -0.05) is 49.2 Å². The SMILES string of the molecule is CCOC(CC(C)C)c1cccc(-c2csc(NC(=O)c3cc(Cl)c(C=C(C)C(=O)O)c(Cl)c3)n2)c1OC. The van der Waals surface area contributed by atoms with Crippen molar-refractivity contribution >= 4 is 57.6 Å². The van der Waals surface area contributed by atoms with Crippen LogP contribution in [0, 0.1) is 5.92 Å². The third-order valence-electron chi connectivity index (χ3n) is 5.69. The summed E-state index contributed by atoms with van der Waals surface area (Å²) in [6, 6.07) is 8.75. The molecule has 1 heterocycles. The number of hydrogen-bond donors (Lipinski definition) is 2. The number of aromatic nitrogens is 1. The van der Waals surface area contributed by atoms with Crippen LogP contribution in [0.2, 0.25) is 10.0 Å². The maximum Gasteiger partial charge on any atom is 0.331 e. The van der Waals surface area contributed by atoms with Gasteiger partial charge in [-0.2, -0.15) is 0 Å². The van der Waals surface area contributed by atoms with Crippen LogP contribution < -0.4 is 10.1 Å². The average molecular weight is 578 g/mol. The van der Waals surface area contributed by atoms with Crippen LogP contribution in [0.5, 0.6) is 5.75 Å². The molecule has 3 aromatic rings. The van der Waals surface area contributed by atoms with Crippen molar-refractivity contribution in [2.45, 2.75) is 40.2 Å². The lowest BCUT2D eigenvalue weighted by Gasteiger charge is -2.23. The molecule has 7 nitrogen and oxygen atoms in total. The first kappa shape index (κ1) is 29.6. The lowest BCUT2D eigenvalue weighted by Crippen LogP contribution is -2.12. The molecule has 0 radical (unpaired) electrons. The summed E-state index contributed by atoms with van der Waals surface area (Å²) < 4.78 is 11.8. The number of anilines is 1. The van der Waals surface area contributed by atoms with E-state index in [-0.39, 0.29) is 27.3 Å².